The maximum absolute atomic E-state index is 11.2. The van der Waals surface area contributed by atoms with Crippen molar-refractivity contribution in [1.82, 2.24) is 10.3 Å². The molecule has 1 N–H and O–H groups in total. The minimum Gasteiger partial charge on any atom is -0.399 e. The first-order valence-corrected chi connectivity index (χ1v) is 6.46. The fourth-order valence-corrected chi connectivity index (χ4v) is 1.75. The number of hydrogen-bond acceptors (Lipinski definition) is 5. The van der Waals surface area contributed by atoms with E-state index in [-0.39, 0.29) is 5.88 Å². The molecular weight excluding hydrogens is 259 g/mol. The van der Waals surface area contributed by atoms with E-state index in [1.807, 2.05) is 27.7 Å². The summed E-state index contributed by atoms with van der Waals surface area (Å²) in [5.74, 6) is 0.205. The van der Waals surface area contributed by atoms with Crippen LogP contribution in [0.2, 0.25) is 0 Å². The van der Waals surface area contributed by atoms with Gasteiger partial charge in [0.05, 0.1) is 11.2 Å². The van der Waals surface area contributed by atoms with Gasteiger partial charge in [0.15, 0.2) is 0 Å². The molecule has 2 heterocycles. The van der Waals surface area contributed by atoms with Gasteiger partial charge in [0.2, 0.25) is 5.88 Å². The van der Waals surface area contributed by atoms with E-state index in [1.54, 1.807) is 18.3 Å². The lowest BCUT2D eigenvalue weighted by atomic mass is 9.80. The third-order valence-corrected chi connectivity index (χ3v) is 3.69. The zero-order valence-electron chi connectivity index (χ0n) is 12.4. The highest BCUT2D eigenvalue weighted by atomic mass is 16.7. The minimum atomic E-state index is -0.566. The maximum atomic E-state index is 11.2. The zero-order chi connectivity index (χ0) is 15.0. The van der Waals surface area contributed by atoms with E-state index in [0.29, 0.717) is 0 Å². The van der Waals surface area contributed by atoms with Crippen LogP contribution in [-0.4, -0.2) is 36.4 Å². The molecule has 0 spiro atoms. The van der Waals surface area contributed by atoms with E-state index >= 15 is 0 Å². The monoisotopic (exact) mass is 278 g/mol. The maximum Gasteiger partial charge on any atom is 0.495 e. The van der Waals surface area contributed by atoms with Crippen LogP contribution in [0.25, 0.3) is 0 Å². The van der Waals surface area contributed by atoms with Gasteiger partial charge < -0.3 is 19.4 Å². The van der Waals surface area contributed by atoms with Crippen molar-refractivity contribution < 1.29 is 18.8 Å². The van der Waals surface area contributed by atoms with Crippen molar-refractivity contribution >= 4 is 18.7 Å². The van der Waals surface area contributed by atoms with Crippen LogP contribution in [0.4, 0.5) is 4.79 Å². The van der Waals surface area contributed by atoms with E-state index in [1.165, 1.54) is 7.05 Å². The molecule has 0 aliphatic carbocycles. The van der Waals surface area contributed by atoms with Gasteiger partial charge in [0, 0.05) is 19.3 Å². The van der Waals surface area contributed by atoms with Crippen LogP contribution in [0.5, 0.6) is 5.88 Å². The van der Waals surface area contributed by atoms with Gasteiger partial charge in [-0.3, -0.25) is 0 Å². The first kappa shape index (κ1) is 14.8. The van der Waals surface area contributed by atoms with E-state index in [2.05, 4.69) is 10.3 Å². The number of carbonyl (C=O) groups is 1. The average Bonchev–Trinajstić information content (AvgIpc) is 2.59. The van der Waals surface area contributed by atoms with Crippen LogP contribution in [0.1, 0.15) is 27.7 Å². The molecule has 1 aliphatic rings. The van der Waals surface area contributed by atoms with E-state index in [0.717, 1.165) is 5.46 Å². The van der Waals surface area contributed by atoms with Crippen LogP contribution in [-0.2, 0) is 9.31 Å². The fraction of sp³-hybridized carbons (Fsp3) is 0.538. The summed E-state index contributed by atoms with van der Waals surface area (Å²) in [5, 5.41) is 2.36. The van der Waals surface area contributed by atoms with Gasteiger partial charge in [-0.2, -0.15) is 0 Å². The Morgan fingerprint density at radius 1 is 1.30 bits per heavy atom. The van der Waals surface area contributed by atoms with Gasteiger partial charge in [-0.25, -0.2) is 9.78 Å². The predicted molar refractivity (Wildman–Crippen MR) is 75.0 cm³/mol. The number of rotatable bonds is 2. The first-order valence-electron chi connectivity index (χ1n) is 6.46. The number of carbonyl (C=O) groups excluding carboxylic acids is 1. The van der Waals surface area contributed by atoms with E-state index in [9.17, 15) is 4.79 Å². The molecule has 0 bridgehead atoms. The standard InChI is InChI=1S/C13H19BN2O4/c1-12(2)13(3,4)20-14(19-12)9-6-7-16-10(8-9)18-11(17)15-5/h6-8H,1-5H3,(H,15,17). The van der Waals surface area contributed by atoms with Crippen molar-refractivity contribution in [3.05, 3.63) is 18.3 Å². The second kappa shape index (κ2) is 5.07. The number of pyridine rings is 1. The zero-order valence-corrected chi connectivity index (χ0v) is 12.4. The summed E-state index contributed by atoms with van der Waals surface area (Å²) in [6.45, 7) is 7.93. The molecule has 2 rings (SSSR count). The lowest BCUT2D eigenvalue weighted by Crippen LogP contribution is -2.41. The number of nitrogens with one attached hydrogen (secondary N) is 1. The van der Waals surface area contributed by atoms with Crippen LogP contribution in [0.3, 0.4) is 0 Å². The van der Waals surface area contributed by atoms with Gasteiger partial charge in [0.25, 0.3) is 0 Å². The SMILES string of the molecule is CNC(=O)Oc1cc(B2OC(C)(C)C(C)(C)O2)ccn1. The Morgan fingerprint density at radius 3 is 2.45 bits per heavy atom. The highest BCUT2D eigenvalue weighted by Crippen LogP contribution is 2.36. The first-order chi connectivity index (χ1) is 9.25. The molecule has 0 unspecified atom stereocenters. The number of nitrogens with zero attached hydrogens (tertiary/aromatic N) is 1. The van der Waals surface area contributed by atoms with Crippen molar-refractivity contribution in [2.75, 3.05) is 7.05 Å². The summed E-state index contributed by atoms with van der Waals surface area (Å²) in [4.78, 5) is 15.2. The molecule has 1 aromatic heterocycles. The topological polar surface area (TPSA) is 69.7 Å². The van der Waals surface area contributed by atoms with Crippen molar-refractivity contribution in [2.24, 2.45) is 0 Å². The molecule has 1 amide bonds. The van der Waals surface area contributed by atoms with Gasteiger partial charge in [-0.15, -0.1) is 0 Å². The summed E-state index contributed by atoms with van der Waals surface area (Å²) in [5.41, 5.74) is -0.0663. The third-order valence-electron chi connectivity index (χ3n) is 3.69. The Labute approximate surface area is 119 Å². The largest absolute Gasteiger partial charge is 0.495 e. The number of ether oxygens (including phenoxy) is 1. The molecule has 1 aromatic rings. The second-order valence-electron chi connectivity index (χ2n) is 5.66. The normalized spacial score (nSPS) is 19.8. The Kier molecular flexibility index (Phi) is 3.75. The fourth-order valence-electron chi connectivity index (χ4n) is 1.75. The van der Waals surface area contributed by atoms with E-state index < -0.39 is 24.4 Å². The summed E-state index contributed by atoms with van der Waals surface area (Å²) in [6.07, 6.45) is 0.988. The Hall–Kier alpha value is -1.60. The van der Waals surface area contributed by atoms with Crippen LogP contribution in [0.15, 0.2) is 18.3 Å². The van der Waals surface area contributed by atoms with Crippen molar-refractivity contribution in [3.8, 4) is 5.88 Å². The summed E-state index contributed by atoms with van der Waals surface area (Å²) in [7, 11) is 0.982. The Balaban J connectivity index is 2.19. The highest BCUT2D eigenvalue weighted by Gasteiger charge is 2.51. The predicted octanol–water partition coefficient (Wildman–Crippen LogP) is 1.10. The van der Waals surface area contributed by atoms with Gasteiger partial charge in [-0.05, 0) is 39.2 Å². The highest BCUT2D eigenvalue weighted by molar-refractivity contribution is 6.62. The smallest absolute Gasteiger partial charge is 0.399 e. The molecule has 0 radical (unpaired) electrons. The molecular formula is C13H19BN2O4. The Bertz CT molecular complexity index is 503. The number of hydrogen-bond donors (Lipinski definition) is 1. The van der Waals surface area contributed by atoms with E-state index in [4.69, 9.17) is 14.0 Å². The summed E-state index contributed by atoms with van der Waals surface area (Å²) < 4.78 is 16.9. The lowest BCUT2D eigenvalue weighted by Gasteiger charge is -2.32. The van der Waals surface area contributed by atoms with Gasteiger partial charge >= 0.3 is 13.2 Å². The second-order valence-corrected chi connectivity index (χ2v) is 5.66. The van der Waals surface area contributed by atoms with Crippen molar-refractivity contribution in [2.45, 2.75) is 38.9 Å². The molecule has 7 heteroatoms. The number of amides is 1. The average molecular weight is 278 g/mol. The van der Waals surface area contributed by atoms with Crippen molar-refractivity contribution in [3.63, 3.8) is 0 Å². The molecule has 1 saturated heterocycles. The minimum absolute atomic E-state index is 0.205. The molecule has 1 aliphatic heterocycles. The van der Waals surface area contributed by atoms with Crippen molar-refractivity contribution in [1.29, 1.82) is 0 Å². The van der Waals surface area contributed by atoms with Crippen LogP contribution >= 0.6 is 0 Å². The quantitative estimate of drug-likeness (QED) is 0.820. The molecule has 1 fully saturated rings. The third kappa shape index (κ3) is 2.78. The molecule has 6 nitrogen and oxygen atoms in total. The molecule has 0 aromatic carbocycles. The van der Waals surface area contributed by atoms with Gasteiger partial charge in [0.1, 0.15) is 0 Å². The molecule has 0 atom stereocenters. The van der Waals surface area contributed by atoms with Crippen LogP contribution < -0.4 is 15.5 Å². The lowest BCUT2D eigenvalue weighted by molar-refractivity contribution is 0.00578. The molecule has 0 saturated carbocycles. The van der Waals surface area contributed by atoms with Crippen LogP contribution in [0, 0.1) is 0 Å². The summed E-state index contributed by atoms with van der Waals surface area (Å²) >= 11 is 0. The molecule has 108 valence electrons. The Morgan fingerprint density at radius 2 is 1.90 bits per heavy atom. The summed E-state index contributed by atoms with van der Waals surface area (Å²) in [6, 6.07) is 3.41. The van der Waals surface area contributed by atoms with Gasteiger partial charge in [-0.1, -0.05) is 0 Å². The number of aromatic nitrogens is 1. The molecule has 20 heavy (non-hydrogen) atoms.